The van der Waals surface area contributed by atoms with Gasteiger partial charge in [0.05, 0.1) is 0 Å². The average molecular weight is 213 g/mol. The molecule has 2 amide bonds. The maximum atomic E-state index is 11.6. The molecule has 5 heteroatoms. The molecule has 15 heavy (non-hydrogen) atoms. The van der Waals surface area contributed by atoms with E-state index >= 15 is 0 Å². The van der Waals surface area contributed by atoms with E-state index in [-0.39, 0.29) is 17.9 Å². The molecule has 1 saturated heterocycles. The summed E-state index contributed by atoms with van der Waals surface area (Å²) in [5, 5.41) is 8.53. The molecular weight excluding hydrogens is 194 g/mol. The zero-order chi connectivity index (χ0) is 11.3. The normalized spacial score (nSPS) is 22.3. The van der Waals surface area contributed by atoms with Crippen LogP contribution in [0.3, 0.4) is 0 Å². The second-order valence-corrected chi connectivity index (χ2v) is 4.07. The molecule has 1 heterocycles. The van der Waals surface area contributed by atoms with Gasteiger partial charge in [-0.2, -0.15) is 0 Å². The van der Waals surface area contributed by atoms with Gasteiger partial charge in [0.2, 0.25) is 11.8 Å². The SMILES string of the molecule is CNCC(C)CNC(=O)[C@H]1CCC(=O)N1. The first kappa shape index (κ1) is 12.0. The lowest BCUT2D eigenvalue weighted by Gasteiger charge is -2.14. The molecule has 86 valence electrons. The van der Waals surface area contributed by atoms with Gasteiger partial charge >= 0.3 is 0 Å². The third-order valence-electron chi connectivity index (χ3n) is 2.49. The summed E-state index contributed by atoms with van der Waals surface area (Å²) in [6.45, 7) is 3.58. The minimum atomic E-state index is -0.320. The zero-order valence-corrected chi connectivity index (χ0v) is 9.30. The molecule has 1 rings (SSSR count). The molecule has 0 bridgehead atoms. The molecule has 0 saturated carbocycles. The van der Waals surface area contributed by atoms with Crippen molar-refractivity contribution < 1.29 is 9.59 Å². The van der Waals surface area contributed by atoms with Crippen molar-refractivity contribution in [2.45, 2.75) is 25.8 Å². The van der Waals surface area contributed by atoms with E-state index in [1.165, 1.54) is 0 Å². The zero-order valence-electron chi connectivity index (χ0n) is 9.30. The number of rotatable bonds is 5. The fraction of sp³-hybridized carbons (Fsp3) is 0.800. The number of hydrogen-bond donors (Lipinski definition) is 3. The van der Waals surface area contributed by atoms with Crippen LogP contribution in [0.15, 0.2) is 0 Å². The number of nitrogens with one attached hydrogen (secondary N) is 3. The monoisotopic (exact) mass is 213 g/mol. The summed E-state index contributed by atoms with van der Waals surface area (Å²) < 4.78 is 0. The largest absolute Gasteiger partial charge is 0.354 e. The molecule has 1 unspecified atom stereocenters. The highest BCUT2D eigenvalue weighted by atomic mass is 16.2. The van der Waals surface area contributed by atoms with Crippen LogP contribution in [0.2, 0.25) is 0 Å². The third kappa shape index (κ3) is 3.87. The standard InChI is InChI=1S/C10H19N3O2/c1-7(5-11-2)6-12-10(15)8-3-4-9(14)13-8/h7-8,11H,3-6H2,1-2H3,(H,12,15)(H,13,14)/t7?,8-/m1/s1. The number of carbonyl (C=O) groups is 2. The van der Waals surface area contributed by atoms with E-state index in [9.17, 15) is 9.59 Å². The second kappa shape index (κ2) is 5.70. The van der Waals surface area contributed by atoms with Gasteiger partial charge in [0, 0.05) is 13.0 Å². The Hall–Kier alpha value is -1.10. The van der Waals surface area contributed by atoms with Crippen LogP contribution in [0.25, 0.3) is 0 Å². The minimum absolute atomic E-state index is 0.0292. The summed E-state index contributed by atoms with van der Waals surface area (Å²) in [5.41, 5.74) is 0. The molecule has 3 N–H and O–H groups in total. The van der Waals surface area contributed by atoms with Gasteiger partial charge in [-0.3, -0.25) is 9.59 Å². The summed E-state index contributed by atoms with van der Waals surface area (Å²) in [6.07, 6.45) is 1.08. The van der Waals surface area contributed by atoms with Crippen LogP contribution in [0.1, 0.15) is 19.8 Å². The minimum Gasteiger partial charge on any atom is -0.354 e. The van der Waals surface area contributed by atoms with Crippen molar-refractivity contribution in [3.63, 3.8) is 0 Å². The van der Waals surface area contributed by atoms with E-state index in [0.717, 1.165) is 6.54 Å². The quantitative estimate of drug-likeness (QED) is 0.562. The van der Waals surface area contributed by atoms with Crippen LogP contribution < -0.4 is 16.0 Å². The Kier molecular flexibility index (Phi) is 4.55. The topological polar surface area (TPSA) is 70.2 Å². The molecule has 1 fully saturated rings. The number of hydrogen-bond acceptors (Lipinski definition) is 3. The van der Waals surface area contributed by atoms with Gasteiger partial charge in [0.1, 0.15) is 6.04 Å². The van der Waals surface area contributed by atoms with Crippen LogP contribution in [0.4, 0.5) is 0 Å². The molecule has 5 nitrogen and oxygen atoms in total. The van der Waals surface area contributed by atoms with Crippen LogP contribution in [-0.4, -0.2) is 38.0 Å². The molecule has 1 aliphatic rings. The highest BCUT2D eigenvalue weighted by Crippen LogP contribution is 2.06. The highest BCUT2D eigenvalue weighted by Gasteiger charge is 2.26. The van der Waals surface area contributed by atoms with E-state index in [4.69, 9.17) is 0 Å². The van der Waals surface area contributed by atoms with Gasteiger partial charge in [0.25, 0.3) is 0 Å². The maximum absolute atomic E-state index is 11.6. The Bertz CT molecular complexity index is 243. The summed E-state index contributed by atoms with van der Waals surface area (Å²) in [4.78, 5) is 22.5. The first-order valence-corrected chi connectivity index (χ1v) is 5.35. The van der Waals surface area contributed by atoms with Crippen LogP contribution in [-0.2, 0) is 9.59 Å². The molecule has 0 aliphatic carbocycles. The predicted octanol–water partition coefficient (Wildman–Crippen LogP) is -0.763. The van der Waals surface area contributed by atoms with Crippen molar-refractivity contribution in [1.82, 2.24) is 16.0 Å². The second-order valence-electron chi connectivity index (χ2n) is 4.07. The van der Waals surface area contributed by atoms with E-state index in [1.54, 1.807) is 0 Å². The van der Waals surface area contributed by atoms with Gasteiger partial charge < -0.3 is 16.0 Å². The Morgan fingerprint density at radius 3 is 2.87 bits per heavy atom. The number of amides is 2. The lowest BCUT2D eigenvalue weighted by atomic mass is 10.1. The molecule has 0 spiro atoms. The molecule has 1 aliphatic heterocycles. The van der Waals surface area contributed by atoms with Crippen molar-refractivity contribution in [3.8, 4) is 0 Å². The van der Waals surface area contributed by atoms with Crippen LogP contribution >= 0.6 is 0 Å². The van der Waals surface area contributed by atoms with Crippen molar-refractivity contribution >= 4 is 11.8 Å². The Labute approximate surface area is 90.0 Å². The molecule has 0 radical (unpaired) electrons. The smallest absolute Gasteiger partial charge is 0.242 e. The van der Waals surface area contributed by atoms with Crippen molar-refractivity contribution in [2.75, 3.05) is 20.1 Å². The van der Waals surface area contributed by atoms with Gasteiger partial charge in [-0.1, -0.05) is 6.92 Å². The number of carbonyl (C=O) groups excluding carboxylic acids is 2. The Morgan fingerprint density at radius 2 is 2.33 bits per heavy atom. The van der Waals surface area contributed by atoms with Gasteiger partial charge in [-0.25, -0.2) is 0 Å². The lowest BCUT2D eigenvalue weighted by Crippen LogP contribution is -2.43. The fourth-order valence-electron chi connectivity index (χ4n) is 1.63. The first-order chi connectivity index (χ1) is 7.13. The predicted molar refractivity (Wildman–Crippen MR) is 57.3 cm³/mol. The van der Waals surface area contributed by atoms with Gasteiger partial charge in [0.15, 0.2) is 0 Å². The van der Waals surface area contributed by atoms with E-state index < -0.39 is 0 Å². The first-order valence-electron chi connectivity index (χ1n) is 5.35. The summed E-state index contributed by atoms with van der Waals surface area (Å²) >= 11 is 0. The lowest BCUT2D eigenvalue weighted by molar-refractivity contribution is -0.125. The van der Waals surface area contributed by atoms with Crippen LogP contribution in [0, 0.1) is 5.92 Å². The average Bonchev–Trinajstić information content (AvgIpc) is 2.62. The molecular formula is C10H19N3O2. The fourth-order valence-corrected chi connectivity index (χ4v) is 1.63. The van der Waals surface area contributed by atoms with Crippen molar-refractivity contribution in [3.05, 3.63) is 0 Å². The molecule has 0 aromatic rings. The van der Waals surface area contributed by atoms with Gasteiger partial charge in [-0.05, 0) is 25.9 Å². The highest BCUT2D eigenvalue weighted by molar-refractivity contribution is 5.90. The van der Waals surface area contributed by atoms with Crippen molar-refractivity contribution in [2.24, 2.45) is 5.92 Å². The van der Waals surface area contributed by atoms with E-state index in [0.29, 0.717) is 25.3 Å². The molecule has 2 atom stereocenters. The third-order valence-corrected chi connectivity index (χ3v) is 2.49. The maximum Gasteiger partial charge on any atom is 0.242 e. The summed E-state index contributed by atoms with van der Waals surface area (Å²) in [7, 11) is 1.88. The van der Waals surface area contributed by atoms with E-state index in [1.807, 2.05) is 7.05 Å². The van der Waals surface area contributed by atoms with Gasteiger partial charge in [-0.15, -0.1) is 0 Å². The molecule has 0 aromatic carbocycles. The summed E-state index contributed by atoms with van der Waals surface area (Å²) in [6, 6.07) is -0.320. The van der Waals surface area contributed by atoms with Crippen LogP contribution in [0.5, 0.6) is 0 Å². The van der Waals surface area contributed by atoms with E-state index in [2.05, 4.69) is 22.9 Å². The summed E-state index contributed by atoms with van der Waals surface area (Å²) in [5.74, 6) is 0.304. The molecule has 0 aromatic heterocycles. The van der Waals surface area contributed by atoms with Crippen molar-refractivity contribution in [1.29, 1.82) is 0 Å². The Morgan fingerprint density at radius 1 is 1.60 bits per heavy atom. The Balaban J connectivity index is 2.21.